The van der Waals surface area contributed by atoms with Gasteiger partial charge in [-0.25, -0.2) is 4.79 Å². The van der Waals surface area contributed by atoms with Crippen LogP contribution in [0.2, 0.25) is 0 Å². The van der Waals surface area contributed by atoms with Crippen LogP contribution in [0.4, 0.5) is 0 Å². The average Bonchev–Trinajstić information content (AvgIpc) is 3.05. The number of aryl methyl sites for hydroxylation is 1. The van der Waals surface area contributed by atoms with Crippen LogP contribution in [0.5, 0.6) is 5.75 Å². The van der Waals surface area contributed by atoms with E-state index in [0.29, 0.717) is 17.6 Å². The number of benzene rings is 1. The van der Waals surface area contributed by atoms with Crippen molar-refractivity contribution >= 4 is 17.5 Å². The van der Waals surface area contributed by atoms with Crippen molar-refractivity contribution in [3.63, 3.8) is 0 Å². The summed E-state index contributed by atoms with van der Waals surface area (Å²) in [7, 11) is 0. The number of fused-ring (bicyclic) bond motifs is 5. The van der Waals surface area contributed by atoms with Crippen molar-refractivity contribution in [3.05, 3.63) is 40.5 Å². The number of carboxylic acids is 1. The maximum atomic E-state index is 12.6. The number of hydrogen-bond acceptors (Lipinski definition) is 4. The first-order valence-electron chi connectivity index (χ1n) is 11.0. The van der Waals surface area contributed by atoms with Crippen LogP contribution in [0.1, 0.15) is 78.9 Å². The van der Waals surface area contributed by atoms with Gasteiger partial charge in [0.15, 0.2) is 5.78 Å². The minimum absolute atomic E-state index is 0.0232. The number of carbonyl (C=O) groups is 3. The Bertz CT molecular complexity index is 959. The summed E-state index contributed by atoms with van der Waals surface area (Å²) < 4.78 is 0. The van der Waals surface area contributed by atoms with Crippen molar-refractivity contribution in [3.8, 4) is 5.75 Å². The molecule has 0 unspecified atom stereocenters. The van der Waals surface area contributed by atoms with Gasteiger partial charge in [-0.2, -0.15) is 0 Å². The van der Waals surface area contributed by atoms with Gasteiger partial charge in [0, 0.05) is 17.6 Å². The molecule has 0 saturated heterocycles. The van der Waals surface area contributed by atoms with E-state index in [4.69, 9.17) is 5.11 Å². The maximum absolute atomic E-state index is 12.6. The second kappa shape index (κ2) is 7.36. The Morgan fingerprint density at radius 3 is 2.53 bits per heavy atom. The number of rotatable bonds is 4. The summed E-state index contributed by atoms with van der Waals surface area (Å²) in [5, 5.41) is 19.9. The van der Waals surface area contributed by atoms with Crippen molar-refractivity contribution in [2.24, 2.45) is 23.2 Å². The first-order valence-corrected chi connectivity index (χ1v) is 11.0. The summed E-state index contributed by atoms with van der Waals surface area (Å²) in [4.78, 5) is 35.6. The predicted molar refractivity (Wildman–Crippen MR) is 113 cm³/mol. The van der Waals surface area contributed by atoms with Crippen LogP contribution in [0.3, 0.4) is 0 Å². The molecule has 160 valence electrons. The molecule has 3 aliphatic carbocycles. The Balaban J connectivity index is 1.74. The molecule has 0 radical (unpaired) electrons. The number of phenols is 1. The second-order valence-corrected chi connectivity index (χ2v) is 9.72. The minimum atomic E-state index is -1.19. The van der Waals surface area contributed by atoms with Crippen LogP contribution in [0, 0.1) is 30.1 Å². The van der Waals surface area contributed by atoms with Gasteiger partial charge in [-0.3, -0.25) is 9.59 Å². The van der Waals surface area contributed by atoms with Gasteiger partial charge in [-0.1, -0.05) is 6.92 Å². The number of carbonyl (C=O) groups excluding carboxylic acids is 2. The van der Waals surface area contributed by atoms with Gasteiger partial charge in [0.2, 0.25) is 0 Å². The fraction of sp³-hybridized carbons (Fsp3) is 0.560. The van der Waals surface area contributed by atoms with Crippen molar-refractivity contribution < 1.29 is 24.6 Å². The fourth-order valence-electron chi connectivity index (χ4n) is 7.06. The molecule has 0 amide bonds. The molecular weight excluding hydrogens is 380 g/mol. The zero-order chi connectivity index (χ0) is 21.8. The van der Waals surface area contributed by atoms with Gasteiger partial charge < -0.3 is 10.2 Å². The summed E-state index contributed by atoms with van der Waals surface area (Å²) in [6, 6.07) is 1.69. The molecular formula is C25H30O5. The number of aliphatic carboxylic acids is 1. The molecule has 4 rings (SSSR count). The number of hydrogen-bond donors (Lipinski definition) is 2. The normalized spacial score (nSPS) is 32.4. The van der Waals surface area contributed by atoms with Crippen molar-refractivity contribution in [1.29, 1.82) is 0 Å². The highest BCUT2D eigenvalue weighted by Gasteiger charge is 2.56. The monoisotopic (exact) mass is 410 g/mol. The average molecular weight is 411 g/mol. The molecule has 0 heterocycles. The predicted octanol–water partition coefficient (Wildman–Crippen LogP) is 4.59. The van der Waals surface area contributed by atoms with E-state index in [1.807, 2.05) is 6.92 Å². The van der Waals surface area contributed by atoms with Crippen LogP contribution in [-0.4, -0.2) is 27.7 Å². The van der Waals surface area contributed by atoms with Crippen LogP contribution >= 0.6 is 0 Å². The molecule has 2 saturated carbocycles. The number of allylic oxidation sites excluding steroid dienone is 1. The highest BCUT2D eigenvalue weighted by Crippen LogP contribution is 2.64. The molecule has 1 aromatic rings. The molecule has 1 aromatic carbocycles. The van der Waals surface area contributed by atoms with Gasteiger partial charge >= 0.3 is 5.97 Å². The Labute approximate surface area is 177 Å². The third kappa shape index (κ3) is 3.10. The van der Waals surface area contributed by atoms with Gasteiger partial charge in [0.05, 0.1) is 5.56 Å². The third-order valence-electron chi connectivity index (χ3n) is 8.34. The lowest BCUT2D eigenvalue weighted by Crippen LogP contribution is -2.43. The molecule has 30 heavy (non-hydrogen) atoms. The zero-order valence-corrected chi connectivity index (χ0v) is 17.9. The summed E-state index contributed by atoms with van der Waals surface area (Å²) in [5.74, 6) is -0.162. The van der Waals surface area contributed by atoms with Crippen molar-refractivity contribution in [2.75, 3.05) is 0 Å². The highest BCUT2D eigenvalue weighted by atomic mass is 16.4. The third-order valence-corrected chi connectivity index (χ3v) is 8.34. The van der Waals surface area contributed by atoms with Gasteiger partial charge in [-0.05, 0) is 98.8 Å². The number of carboxylic acid groups (broad SMARTS) is 1. The first-order chi connectivity index (χ1) is 14.1. The molecule has 5 heteroatoms. The number of phenolic OH excluding ortho intramolecular Hbond substituents is 1. The Kier molecular flexibility index (Phi) is 5.11. The van der Waals surface area contributed by atoms with E-state index in [1.165, 1.54) is 0 Å². The molecule has 0 aliphatic heterocycles. The lowest BCUT2D eigenvalue weighted by molar-refractivity contribution is -0.131. The lowest BCUT2D eigenvalue weighted by atomic mass is 9.53. The zero-order valence-electron chi connectivity index (χ0n) is 17.9. The molecule has 0 aromatic heterocycles. The molecule has 3 aliphatic rings. The summed E-state index contributed by atoms with van der Waals surface area (Å²) in [6.45, 7) is 5.97. The number of aromatic hydroxyl groups is 1. The van der Waals surface area contributed by atoms with Crippen LogP contribution in [-0.2, 0) is 16.0 Å². The maximum Gasteiger partial charge on any atom is 0.328 e. The number of ketones is 2. The first kappa shape index (κ1) is 20.8. The van der Waals surface area contributed by atoms with Crippen LogP contribution < -0.4 is 0 Å². The molecule has 0 spiro atoms. The largest absolute Gasteiger partial charge is 0.507 e. The molecule has 2 fully saturated rings. The van der Waals surface area contributed by atoms with Gasteiger partial charge in [0.25, 0.3) is 0 Å². The number of Topliss-reactive ketones (excluding diaryl/α,β-unsaturated/α-hetero) is 1. The second-order valence-electron chi connectivity index (χ2n) is 9.72. The topological polar surface area (TPSA) is 91.7 Å². The smallest absolute Gasteiger partial charge is 0.328 e. The molecule has 2 N–H and O–H groups in total. The SMILES string of the molecule is CC(=O)[C@H]1CC[C@H]2[C@@H]3CCc4c(C)cc(C(=O)/C=C/C(=O)O)c(O)c4[C@H]3CC[C@]12C. The minimum Gasteiger partial charge on any atom is -0.507 e. The van der Waals surface area contributed by atoms with Gasteiger partial charge in [-0.15, -0.1) is 0 Å². The van der Waals surface area contributed by atoms with Crippen LogP contribution in [0.15, 0.2) is 18.2 Å². The van der Waals surface area contributed by atoms with E-state index >= 15 is 0 Å². The van der Waals surface area contributed by atoms with E-state index in [9.17, 15) is 19.5 Å². The van der Waals surface area contributed by atoms with E-state index < -0.39 is 11.8 Å². The highest BCUT2D eigenvalue weighted by molar-refractivity contribution is 6.09. The molecule has 5 atom stereocenters. The summed E-state index contributed by atoms with van der Waals surface area (Å²) >= 11 is 0. The van der Waals surface area contributed by atoms with E-state index in [0.717, 1.165) is 67.4 Å². The summed E-state index contributed by atoms with van der Waals surface area (Å²) in [6.07, 6.45) is 7.61. The van der Waals surface area contributed by atoms with Crippen molar-refractivity contribution in [2.45, 2.75) is 65.2 Å². The Morgan fingerprint density at radius 2 is 1.87 bits per heavy atom. The standard InChI is InChI=1S/C25H30O5/c1-13-12-18(21(27)8-9-22(28)29)24(30)23-15(13)4-5-16-17(23)10-11-25(3)19(14(2)26)6-7-20(16)25/h8-9,12,16-17,19-20,30H,4-7,10-11H2,1-3H3,(H,28,29)/b9-8+/t16-,17+,19-,20+,25-/m1/s1. The molecule has 5 nitrogen and oxygen atoms in total. The molecule has 0 bridgehead atoms. The Morgan fingerprint density at radius 1 is 1.13 bits per heavy atom. The van der Waals surface area contributed by atoms with E-state index in [2.05, 4.69) is 6.92 Å². The van der Waals surface area contributed by atoms with Crippen LogP contribution in [0.25, 0.3) is 0 Å². The van der Waals surface area contributed by atoms with Gasteiger partial charge in [0.1, 0.15) is 11.5 Å². The Hall–Kier alpha value is -2.43. The van der Waals surface area contributed by atoms with Crippen molar-refractivity contribution in [1.82, 2.24) is 0 Å². The summed E-state index contributed by atoms with van der Waals surface area (Å²) in [5.41, 5.74) is 3.23. The lowest BCUT2D eigenvalue weighted by Gasteiger charge is -2.51. The fourth-order valence-corrected chi connectivity index (χ4v) is 7.06. The van der Waals surface area contributed by atoms with E-state index in [1.54, 1.807) is 13.0 Å². The quantitative estimate of drug-likeness (QED) is 0.560. The van der Waals surface area contributed by atoms with E-state index in [-0.39, 0.29) is 28.6 Å².